The quantitative estimate of drug-likeness (QED) is 0.0384. The second-order valence-corrected chi connectivity index (χ2v) is 21.3. The third kappa shape index (κ3) is 20.4. The molecule has 72 heavy (non-hydrogen) atoms. The van der Waals surface area contributed by atoms with Crippen molar-refractivity contribution in [2.75, 3.05) is 31.9 Å². The Balaban J connectivity index is 0.000000245. The molecule has 0 fully saturated rings. The van der Waals surface area contributed by atoms with Gasteiger partial charge in [-0.1, -0.05) is 175 Å². The van der Waals surface area contributed by atoms with E-state index in [9.17, 15) is 16.8 Å². The van der Waals surface area contributed by atoms with Crippen molar-refractivity contribution in [1.82, 2.24) is 43.9 Å². The molecular weight excluding hydrogens is 1070 g/mol. The van der Waals surface area contributed by atoms with Crippen LogP contribution in [0.4, 0.5) is 0 Å². The number of hydrogen-bond acceptors (Lipinski definition) is 10. The van der Waals surface area contributed by atoms with Crippen molar-refractivity contribution in [3.8, 4) is 0 Å². The molecule has 0 aliphatic heterocycles. The van der Waals surface area contributed by atoms with Gasteiger partial charge in [-0.3, -0.25) is 5.10 Å². The van der Waals surface area contributed by atoms with Crippen LogP contribution in [0, 0.1) is 0 Å². The van der Waals surface area contributed by atoms with Gasteiger partial charge in [0.15, 0.2) is 5.82 Å². The second-order valence-electron chi connectivity index (χ2n) is 15.5. The van der Waals surface area contributed by atoms with Gasteiger partial charge in [0, 0.05) is 40.8 Å². The van der Waals surface area contributed by atoms with Crippen LogP contribution < -0.4 is 5.32 Å². The van der Waals surface area contributed by atoms with Crippen LogP contribution in [0.25, 0.3) is 0 Å². The maximum Gasteiger partial charge on any atom is 0.243 e. The van der Waals surface area contributed by atoms with Crippen molar-refractivity contribution in [2.45, 2.75) is 61.9 Å². The Morgan fingerprint density at radius 1 is 0.639 bits per heavy atom. The van der Waals surface area contributed by atoms with Gasteiger partial charge < -0.3 is 5.32 Å². The molecule has 0 amide bonds. The molecule has 19 heteroatoms. The molecule has 8 aromatic rings. The maximum atomic E-state index is 13.3. The van der Waals surface area contributed by atoms with Gasteiger partial charge in [-0.15, -0.1) is 0 Å². The number of benzene rings is 6. The fourth-order valence-electron chi connectivity index (χ4n) is 6.66. The lowest BCUT2D eigenvalue weighted by Gasteiger charge is -2.21. The van der Waals surface area contributed by atoms with Crippen molar-refractivity contribution >= 4 is 71.8 Å². The van der Waals surface area contributed by atoms with Crippen molar-refractivity contribution in [2.24, 2.45) is 0 Å². The average molecular weight is 1140 g/mol. The smallest absolute Gasteiger partial charge is 0.243 e. The topological polar surface area (TPSA) is 159 Å². The lowest BCUT2D eigenvalue weighted by molar-refractivity contribution is 0.399. The lowest BCUT2D eigenvalue weighted by Crippen LogP contribution is -2.33. The fourth-order valence-corrected chi connectivity index (χ4v) is 10.4. The highest BCUT2D eigenvalue weighted by Gasteiger charge is 2.27. The Labute approximate surface area is 449 Å². The molecule has 0 aliphatic carbocycles. The minimum absolute atomic E-state index is 0. The summed E-state index contributed by atoms with van der Waals surface area (Å²) in [6, 6.07) is 51.8. The first-order valence-corrected chi connectivity index (χ1v) is 28.1. The molecule has 0 spiro atoms. The van der Waals surface area contributed by atoms with E-state index < -0.39 is 20.0 Å². The van der Waals surface area contributed by atoms with Crippen molar-refractivity contribution in [1.29, 1.82) is 0 Å². The molecule has 8 rings (SSSR count). The minimum atomic E-state index is -3.70. The Bertz CT molecular complexity index is 2940. The van der Waals surface area contributed by atoms with E-state index in [1.165, 1.54) is 20.5 Å². The number of alkyl halides is 1. The Morgan fingerprint density at radius 2 is 1.11 bits per heavy atom. The summed E-state index contributed by atoms with van der Waals surface area (Å²) in [5.41, 5.74) is 4.36. The van der Waals surface area contributed by atoms with Crippen LogP contribution in [-0.2, 0) is 57.9 Å². The molecule has 0 aliphatic rings. The van der Waals surface area contributed by atoms with Gasteiger partial charge in [0.05, 0.1) is 29.4 Å². The number of H-pyrrole nitrogens is 1. The van der Waals surface area contributed by atoms with Crippen LogP contribution in [0.2, 0.25) is 10.0 Å². The zero-order valence-corrected chi connectivity index (χ0v) is 44.9. The number of nitrogens with one attached hydrogen (secondary N) is 2. The molecule has 0 radical (unpaired) electrons. The van der Waals surface area contributed by atoms with Crippen molar-refractivity contribution in [3.63, 3.8) is 0 Å². The summed E-state index contributed by atoms with van der Waals surface area (Å²) in [4.78, 5) is 8.93. The summed E-state index contributed by atoms with van der Waals surface area (Å²) in [6.07, 6.45) is 4.21. The minimum Gasteiger partial charge on any atom is -0.316 e. The van der Waals surface area contributed by atoms with E-state index in [0.717, 1.165) is 45.9 Å². The molecular formula is C53H62BrCl2N9O4S3. The van der Waals surface area contributed by atoms with Crippen LogP contribution in [0.1, 0.15) is 48.3 Å². The van der Waals surface area contributed by atoms with Crippen LogP contribution in [0.15, 0.2) is 192 Å². The van der Waals surface area contributed by atoms with E-state index in [1.807, 2.05) is 109 Å². The number of sulfonamides is 2. The normalized spacial score (nSPS) is 11.0. The Morgan fingerprint density at radius 3 is 1.54 bits per heavy atom. The van der Waals surface area contributed by atoms with E-state index in [-0.39, 0.29) is 30.3 Å². The zero-order chi connectivity index (χ0) is 50.7. The van der Waals surface area contributed by atoms with Gasteiger partial charge in [0.2, 0.25) is 20.0 Å². The second kappa shape index (κ2) is 32.1. The molecule has 0 saturated carbocycles. The van der Waals surface area contributed by atoms with Gasteiger partial charge in [0.1, 0.15) is 18.5 Å². The number of aromatic nitrogens is 6. The standard InChI is InChI=1S/C24H23ClN4O2S.C17H18N4O2S.C7H6BrCl.C4H11NS.CH4/c25-22-11-7-10-21(16-22)17-28-19-26-24(27-28)18-29(15-14-20-8-3-1-4-9-20)32(30,31)23-12-5-2-6-13-23;22-24(23,16-9-5-2-6-10-16)21(13-17-18-14-19-20-17)12-11-15-7-3-1-4-8-15;8-5-6-2-1-3-7(9)4-6;1-2-5-3-4-6;/h1-13,16,19H,14-15,17-18H2;1-10,14H,11-13H2,(H,18,19,20);1-4H,5H2;5-6H,2-4H2,1H3;1H4. The van der Waals surface area contributed by atoms with Crippen LogP contribution in [0.5, 0.6) is 0 Å². The van der Waals surface area contributed by atoms with Crippen molar-refractivity contribution in [3.05, 3.63) is 226 Å². The predicted octanol–water partition coefficient (Wildman–Crippen LogP) is 11.0. The number of nitrogens with zero attached hydrogens (tertiary/aromatic N) is 7. The monoisotopic (exact) mass is 1130 g/mol. The first kappa shape index (κ1) is 59.4. The van der Waals surface area contributed by atoms with E-state index in [4.69, 9.17) is 23.2 Å². The molecule has 0 unspecified atom stereocenters. The molecule has 0 atom stereocenters. The molecule has 13 nitrogen and oxygen atoms in total. The molecule has 2 aromatic heterocycles. The van der Waals surface area contributed by atoms with Gasteiger partial charge in [-0.2, -0.15) is 31.4 Å². The Kier molecular flexibility index (Phi) is 26.4. The molecule has 2 N–H and O–H groups in total. The third-order valence-corrected chi connectivity index (χ3v) is 15.3. The fraction of sp³-hybridized carbons (Fsp3) is 0.245. The summed E-state index contributed by atoms with van der Waals surface area (Å²) >= 11 is 19.1. The van der Waals surface area contributed by atoms with E-state index in [1.54, 1.807) is 71.7 Å². The third-order valence-electron chi connectivity index (χ3n) is 10.3. The number of hydrogen-bond donors (Lipinski definition) is 3. The summed E-state index contributed by atoms with van der Waals surface area (Å²) < 4.78 is 57.1. The van der Waals surface area contributed by atoms with E-state index in [2.05, 4.69) is 66.1 Å². The molecule has 6 aromatic carbocycles. The first-order chi connectivity index (χ1) is 34.4. The van der Waals surface area contributed by atoms with E-state index in [0.29, 0.717) is 49.1 Å². The van der Waals surface area contributed by atoms with Gasteiger partial charge in [-0.25, -0.2) is 31.5 Å². The number of halogens is 3. The maximum absolute atomic E-state index is 13.3. The predicted molar refractivity (Wildman–Crippen MR) is 299 cm³/mol. The number of aromatic amines is 1. The molecule has 0 saturated heterocycles. The highest BCUT2D eigenvalue weighted by atomic mass is 79.9. The summed E-state index contributed by atoms with van der Waals surface area (Å²) in [7, 11) is -7.30. The SMILES string of the molecule is C.CCNCCS.Clc1cccc(CBr)c1.O=S(=O)(c1ccccc1)N(CCc1ccccc1)Cc1ncn(Cc2cccc(Cl)c2)n1.O=S(=O)(c1ccccc1)N(CCc1ccccc1)Cc1ncn[nH]1. The number of rotatable bonds is 20. The Hall–Kier alpha value is -5.21. The first-order valence-electron chi connectivity index (χ1n) is 22.7. The van der Waals surface area contributed by atoms with Gasteiger partial charge in [0.25, 0.3) is 0 Å². The lowest BCUT2D eigenvalue weighted by atomic mass is 10.1. The summed E-state index contributed by atoms with van der Waals surface area (Å²) in [5, 5.41) is 16.5. The summed E-state index contributed by atoms with van der Waals surface area (Å²) in [5.74, 6) is 1.90. The molecule has 382 valence electrons. The zero-order valence-electron chi connectivity index (χ0n) is 39.3. The van der Waals surface area contributed by atoms with Gasteiger partial charge >= 0.3 is 0 Å². The van der Waals surface area contributed by atoms with Crippen LogP contribution in [-0.4, -0.2) is 87.3 Å². The van der Waals surface area contributed by atoms with Crippen molar-refractivity contribution < 1.29 is 16.8 Å². The van der Waals surface area contributed by atoms with E-state index >= 15 is 0 Å². The highest BCUT2D eigenvalue weighted by Crippen LogP contribution is 2.20. The van der Waals surface area contributed by atoms with Gasteiger partial charge in [-0.05, 0) is 90.2 Å². The highest BCUT2D eigenvalue weighted by molar-refractivity contribution is 9.08. The summed E-state index contributed by atoms with van der Waals surface area (Å²) in [6.45, 7) is 5.61. The van der Waals surface area contributed by atoms with Crippen LogP contribution >= 0.6 is 51.8 Å². The number of thiol groups is 1. The molecule has 2 heterocycles. The molecule has 0 bridgehead atoms. The largest absolute Gasteiger partial charge is 0.316 e. The average Bonchev–Trinajstić information content (AvgIpc) is 4.09. The van der Waals surface area contributed by atoms with Crippen LogP contribution in [0.3, 0.4) is 0 Å².